The minimum Gasteiger partial charge on any atom is -0.308 e. The molecule has 0 saturated heterocycles. The minimum atomic E-state index is -3.76. The minimum absolute atomic E-state index is 0.115. The summed E-state index contributed by atoms with van der Waals surface area (Å²) in [5.41, 5.74) is 0.142. The van der Waals surface area contributed by atoms with Crippen LogP contribution >= 0.6 is 0 Å². The fourth-order valence-corrected chi connectivity index (χ4v) is 2.08. The zero-order valence-electron chi connectivity index (χ0n) is 10.1. The third-order valence-electron chi connectivity index (χ3n) is 2.18. The van der Waals surface area contributed by atoms with E-state index in [2.05, 4.69) is 4.85 Å². The van der Waals surface area contributed by atoms with Crippen LogP contribution in [0.4, 0.5) is 0 Å². The van der Waals surface area contributed by atoms with Crippen LogP contribution < -0.4 is 0 Å². The van der Waals surface area contributed by atoms with E-state index in [-0.39, 0.29) is 11.5 Å². The number of benzene rings is 1. The van der Waals surface area contributed by atoms with Crippen LogP contribution in [0.1, 0.15) is 19.4 Å². The summed E-state index contributed by atoms with van der Waals surface area (Å²) in [6, 6.07) is 6.40. The van der Waals surface area contributed by atoms with Crippen LogP contribution in [0.5, 0.6) is 0 Å². The molecule has 0 bridgehead atoms. The van der Waals surface area contributed by atoms with Gasteiger partial charge in [-0.15, -0.1) is 0 Å². The maximum absolute atomic E-state index is 11.8. The fourth-order valence-electron chi connectivity index (χ4n) is 1.03. The van der Waals surface area contributed by atoms with Crippen LogP contribution in [0.2, 0.25) is 0 Å². The third kappa shape index (κ3) is 3.84. The Kier molecular flexibility index (Phi) is 3.91. The maximum Gasteiger partial charge on any atom is 0.297 e. The molecule has 17 heavy (non-hydrogen) atoms. The molecule has 0 amide bonds. The SMILES string of the molecule is [C-]#[N+]C(C)(C)COS(=O)(=O)c1ccc(C)cc1. The van der Waals surface area contributed by atoms with E-state index in [1.165, 1.54) is 12.1 Å². The van der Waals surface area contributed by atoms with Crippen molar-refractivity contribution in [2.45, 2.75) is 31.2 Å². The molecule has 0 aliphatic rings. The van der Waals surface area contributed by atoms with Gasteiger partial charge in [0.1, 0.15) is 6.61 Å². The van der Waals surface area contributed by atoms with Crippen LogP contribution in [-0.2, 0) is 14.3 Å². The van der Waals surface area contributed by atoms with Crippen molar-refractivity contribution >= 4 is 10.1 Å². The first-order valence-corrected chi connectivity index (χ1v) is 6.52. The van der Waals surface area contributed by atoms with Crippen LogP contribution in [0.15, 0.2) is 29.2 Å². The van der Waals surface area contributed by atoms with Gasteiger partial charge in [0.2, 0.25) is 0 Å². The van der Waals surface area contributed by atoms with Crippen molar-refractivity contribution in [3.8, 4) is 0 Å². The summed E-state index contributed by atoms with van der Waals surface area (Å²) in [7, 11) is -3.76. The summed E-state index contributed by atoms with van der Waals surface area (Å²) in [5.74, 6) is 0. The molecule has 0 heterocycles. The lowest BCUT2D eigenvalue weighted by molar-refractivity contribution is 0.270. The van der Waals surface area contributed by atoms with Crippen LogP contribution in [-0.4, -0.2) is 20.6 Å². The van der Waals surface area contributed by atoms with Crippen molar-refractivity contribution in [3.05, 3.63) is 41.2 Å². The molecule has 0 aromatic heterocycles. The predicted octanol–water partition coefficient (Wildman–Crippen LogP) is 2.40. The number of hydrogen-bond acceptors (Lipinski definition) is 3. The second-order valence-corrected chi connectivity index (χ2v) is 6.07. The molecule has 0 unspecified atom stereocenters. The molecule has 0 aliphatic carbocycles. The van der Waals surface area contributed by atoms with E-state index in [4.69, 9.17) is 10.8 Å². The van der Waals surface area contributed by atoms with E-state index in [0.717, 1.165) is 5.56 Å². The van der Waals surface area contributed by atoms with Crippen LogP contribution in [0.25, 0.3) is 4.85 Å². The Morgan fingerprint density at radius 1 is 1.29 bits per heavy atom. The zero-order chi connectivity index (χ0) is 13.1. The summed E-state index contributed by atoms with van der Waals surface area (Å²) in [4.78, 5) is 3.41. The van der Waals surface area contributed by atoms with Gasteiger partial charge >= 0.3 is 0 Å². The highest BCUT2D eigenvalue weighted by molar-refractivity contribution is 7.86. The van der Waals surface area contributed by atoms with Crippen molar-refractivity contribution in [3.63, 3.8) is 0 Å². The summed E-state index contributed by atoms with van der Waals surface area (Å²) in [6.45, 7) is 11.9. The largest absolute Gasteiger partial charge is 0.308 e. The first-order chi connectivity index (χ1) is 7.77. The van der Waals surface area contributed by atoms with Gasteiger partial charge in [-0.1, -0.05) is 17.7 Å². The molecule has 5 heteroatoms. The highest BCUT2D eigenvalue weighted by atomic mass is 32.2. The van der Waals surface area contributed by atoms with Crippen molar-refractivity contribution < 1.29 is 12.6 Å². The van der Waals surface area contributed by atoms with Gasteiger partial charge < -0.3 is 4.85 Å². The monoisotopic (exact) mass is 253 g/mol. The third-order valence-corrected chi connectivity index (χ3v) is 3.46. The van der Waals surface area contributed by atoms with Gasteiger partial charge in [-0.05, 0) is 19.1 Å². The molecular weight excluding hydrogens is 238 g/mol. The molecule has 0 radical (unpaired) electrons. The number of aryl methyl sites for hydroxylation is 1. The van der Waals surface area contributed by atoms with Crippen molar-refractivity contribution in [1.29, 1.82) is 0 Å². The van der Waals surface area contributed by atoms with Gasteiger partial charge in [0.05, 0.1) is 4.90 Å². The number of rotatable bonds is 4. The van der Waals surface area contributed by atoms with Gasteiger partial charge in [0.15, 0.2) is 0 Å². The van der Waals surface area contributed by atoms with Gasteiger partial charge in [0, 0.05) is 13.8 Å². The lowest BCUT2D eigenvalue weighted by Gasteiger charge is -2.11. The molecule has 92 valence electrons. The average Bonchev–Trinajstić information content (AvgIpc) is 2.27. The predicted molar refractivity (Wildman–Crippen MR) is 65.0 cm³/mol. The first-order valence-electron chi connectivity index (χ1n) is 5.11. The molecule has 0 aliphatic heterocycles. The average molecular weight is 253 g/mol. The highest BCUT2D eigenvalue weighted by Gasteiger charge is 2.27. The molecule has 0 saturated carbocycles. The lowest BCUT2D eigenvalue weighted by Crippen LogP contribution is -2.24. The summed E-state index contributed by atoms with van der Waals surface area (Å²) in [6.07, 6.45) is 0. The Balaban J connectivity index is 2.84. The normalized spacial score (nSPS) is 12.1. The second-order valence-electron chi connectivity index (χ2n) is 4.45. The van der Waals surface area contributed by atoms with Gasteiger partial charge in [-0.3, -0.25) is 4.18 Å². The quantitative estimate of drug-likeness (QED) is 0.611. The van der Waals surface area contributed by atoms with E-state index >= 15 is 0 Å². The van der Waals surface area contributed by atoms with Crippen molar-refractivity contribution in [2.75, 3.05) is 6.61 Å². The molecule has 1 aromatic rings. The number of hydrogen-bond donors (Lipinski definition) is 0. The smallest absolute Gasteiger partial charge is 0.297 e. The number of nitrogens with zero attached hydrogens (tertiary/aromatic N) is 1. The molecule has 0 atom stereocenters. The first kappa shape index (κ1) is 13.7. The summed E-state index contributed by atoms with van der Waals surface area (Å²) < 4.78 is 28.4. The molecule has 0 N–H and O–H groups in total. The second kappa shape index (κ2) is 4.86. The van der Waals surface area contributed by atoms with Gasteiger partial charge in [-0.25, -0.2) is 6.57 Å². The fraction of sp³-hybridized carbons (Fsp3) is 0.417. The maximum atomic E-state index is 11.8. The van der Waals surface area contributed by atoms with Crippen molar-refractivity contribution in [1.82, 2.24) is 0 Å². The van der Waals surface area contributed by atoms with Crippen LogP contribution in [0, 0.1) is 13.5 Å². The molecule has 1 rings (SSSR count). The van der Waals surface area contributed by atoms with E-state index in [1.807, 2.05) is 6.92 Å². The molecular formula is C12H15NO3S. The van der Waals surface area contributed by atoms with E-state index < -0.39 is 15.7 Å². The van der Waals surface area contributed by atoms with Gasteiger partial charge in [0.25, 0.3) is 15.7 Å². The lowest BCUT2D eigenvalue weighted by atomic mass is 10.1. The van der Waals surface area contributed by atoms with Gasteiger partial charge in [-0.2, -0.15) is 8.42 Å². The zero-order valence-corrected chi connectivity index (χ0v) is 10.9. The van der Waals surface area contributed by atoms with E-state index in [9.17, 15) is 8.42 Å². The molecule has 1 aromatic carbocycles. The highest BCUT2D eigenvalue weighted by Crippen LogP contribution is 2.17. The Bertz CT molecular complexity index is 524. The topological polar surface area (TPSA) is 47.7 Å². The van der Waals surface area contributed by atoms with E-state index in [0.29, 0.717) is 0 Å². The summed E-state index contributed by atoms with van der Waals surface area (Å²) in [5, 5.41) is 0. The Labute approximate surface area is 102 Å². The molecule has 0 spiro atoms. The Hall–Kier alpha value is -1.38. The van der Waals surface area contributed by atoms with Crippen molar-refractivity contribution in [2.24, 2.45) is 0 Å². The standard InChI is InChI=1S/C12H15NO3S/c1-10-5-7-11(8-6-10)17(14,15)16-9-12(2,3)13-4/h5-8H,9H2,1-3H3. The molecule has 0 fully saturated rings. The van der Waals surface area contributed by atoms with E-state index in [1.54, 1.807) is 26.0 Å². The Morgan fingerprint density at radius 3 is 2.29 bits per heavy atom. The molecule has 4 nitrogen and oxygen atoms in total. The summed E-state index contributed by atoms with van der Waals surface area (Å²) >= 11 is 0. The van der Waals surface area contributed by atoms with Crippen LogP contribution in [0.3, 0.4) is 0 Å². The Morgan fingerprint density at radius 2 is 1.82 bits per heavy atom.